The third kappa shape index (κ3) is 4.40. The van der Waals surface area contributed by atoms with Gasteiger partial charge in [0, 0.05) is 48.5 Å². The number of likely N-dealkylation sites (tertiary alicyclic amines) is 1. The Morgan fingerprint density at radius 1 is 1.40 bits per heavy atom. The van der Waals surface area contributed by atoms with Crippen molar-refractivity contribution in [3.63, 3.8) is 0 Å². The number of aromatic nitrogens is 1. The molecule has 4 rings (SSSR count). The summed E-state index contributed by atoms with van der Waals surface area (Å²) in [6.07, 6.45) is 0.811. The number of aliphatic hydroxyl groups is 1. The first kappa shape index (κ1) is 21.0. The predicted molar refractivity (Wildman–Crippen MR) is 122 cm³/mol. The summed E-state index contributed by atoms with van der Waals surface area (Å²) in [5, 5.41) is 9.89. The average Bonchev–Trinajstić information content (AvgIpc) is 2.99. The van der Waals surface area contributed by atoms with Crippen molar-refractivity contribution in [1.29, 1.82) is 0 Å². The topological polar surface area (TPSA) is 96.3 Å². The van der Waals surface area contributed by atoms with Gasteiger partial charge in [-0.2, -0.15) is 0 Å². The number of hydrogen-bond donors (Lipinski definition) is 2. The van der Waals surface area contributed by atoms with Gasteiger partial charge < -0.3 is 15.6 Å². The lowest BCUT2D eigenvalue weighted by Gasteiger charge is -2.39. The third-order valence-electron chi connectivity index (χ3n) is 5.24. The van der Waals surface area contributed by atoms with E-state index in [0.29, 0.717) is 24.2 Å². The molecular weight excluding hydrogens is 398 g/mol. The van der Waals surface area contributed by atoms with Crippen molar-refractivity contribution in [1.82, 2.24) is 9.88 Å². The lowest BCUT2D eigenvalue weighted by Crippen LogP contribution is -2.46. The number of aliphatic hydroxyl groups excluding tert-OH is 1. The van der Waals surface area contributed by atoms with Crippen molar-refractivity contribution in [2.45, 2.75) is 39.2 Å². The Morgan fingerprint density at radius 3 is 2.90 bits per heavy atom. The van der Waals surface area contributed by atoms with Crippen molar-refractivity contribution in [3.8, 4) is 17.0 Å². The molecule has 0 aliphatic carbocycles. The summed E-state index contributed by atoms with van der Waals surface area (Å²) >= 11 is 1.62. The van der Waals surface area contributed by atoms with Gasteiger partial charge in [-0.05, 0) is 38.5 Å². The number of ether oxygens (including phenoxy) is 1. The van der Waals surface area contributed by atoms with Gasteiger partial charge >= 0.3 is 0 Å². The first-order valence-electron chi connectivity index (χ1n) is 10.4. The van der Waals surface area contributed by atoms with Crippen LogP contribution in [-0.2, 0) is 6.42 Å². The maximum Gasteiger partial charge on any atom is 0.186 e. The van der Waals surface area contributed by atoms with Crippen molar-refractivity contribution in [2.75, 3.05) is 32.8 Å². The van der Waals surface area contributed by atoms with Gasteiger partial charge in [0.25, 0.3) is 0 Å². The summed E-state index contributed by atoms with van der Waals surface area (Å²) in [6.45, 7) is 9.36. The van der Waals surface area contributed by atoms with Gasteiger partial charge in [0.1, 0.15) is 5.75 Å². The standard InChI is InChI=1S/C22H29N5O2S/c1-13(2)24-21(25-14(3)23)22-26-20-17-5-4-15(16-11-27(12-16)7-8-28)10-18(17)29-9-6-19(20)30-22/h4-5,10,13,16,28H,6-9,11-12H2,1-3H3,(H2,23,24,25). The molecule has 2 aliphatic rings. The minimum atomic E-state index is 0.109. The summed E-state index contributed by atoms with van der Waals surface area (Å²) in [4.78, 5) is 17.4. The molecule has 0 bridgehead atoms. The van der Waals surface area contributed by atoms with Crippen molar-refractivity contribution < 1.29 is 9.84 Å². The second-order valence-electron chi connectivity index (χ2n) is 8.12. The predicted octanol–water partition coefficient (Wildman–Crippen LogP) is 2.67. The SMILES string of the molecule is CC(N)=NC(=NC(C)C)c1nc2c(s1)CCOc1cc(C3CN(CCO)C3)ccc1-2. The number of fused-ring (bicyclic) bond motifs is 3. The molecule has 0 saturated carbocycles. The second-order valence-corrected chi connectivity index (χ2v) is 9.21. The number of hydrogen-bond acceptors (Lipinski definition) is 6. The second kappa shape index (κ2) is 8.83. The molecular formula is C22H29N5O2S. The van der Waals surface area contributed by atoms with Crippen molar-refractivity contribution in [3.05, 3.63) is 33.6 Å². The highest BCUT2D eigenvalue weighted by atomic mass is 32.1. The first-order chi connectivity index (χ1) is 14.4. The summed E-state index contributed by atoms with van der Waals surface area (Å²) in [5.41, 5.74) is 9.11. The number of β-amino-alcohol motifs (C(OH)–C–C–N with tert-alkyl or cyclic N) is 1. The van der Waals surface area contributed by atoms with Crippen LogP contribution in [0.4, 0.5) is 0 Å². The van der Waals surface area contributed by atoms with E-state index in [1.807, 2.05) is 13.8 Å². The highest BCUT2D eigenvalue weighted by molar-refractivity contribution is 7.14. The van der Waals surface area contributed by atoms with Gasteiger partial charge in [0.15, 0.2) is 10.8 Å². The van der Waals surface area contributed by atoms with Crippen LogP contribution in [0.1, 0.15) is 42.1 Å². The minimum Gasteiger partial charge on any atom is -0.492 e. The Hall–Kier alpha value is -2.29. The molecule has 8 heteroatoms. The quantitative estimate of drug-likeness (QED) is 0.565. The molecule has 0 unspecified atom stereocenters. The molecule has 3 heterocycles. The lowest BCUT2D eigenvalue weighted by molar-refractivity contribution is 0.115. The van der Waals surface area contributed by atoms with Crippen LogP contribution in [0.5, 0.6) is 5.75 Å². The van der Waals surface area contributed by atoms with E-state index >= 15 is 0 Å². The van der Waals surface area contributed by atoms with Crippen LogP contribution in [0.2, 0.25) is 0 Å². The fourth-order valence-corrected chi connectivity index (χ4v) is 4.83. The van der Waals surface area contributed by atoms with Crippen LogP contribution in [-0.4, -0.2) is 65.6 Å². The molecule has 160 valence electrons. The number of rotatable bonds is 5. The van der Waals surface area contributed by atoms with Crippen LogP contribution >= 0.6 is 11.3 Å². The zero-order valence-electron chi connectivity index (χ0n) is 17.8. The van der Waals surface area contributed by atoms with Gasteiger partial charge in [0.05, 0.1) is 24.7 Å². The van der Waals surface area contributed by atoms with E-state index in [1.165, 1.54) is 10.4 Å². The Morgan fingerprint density at radius 2 is 2.20 bits per heavy atom. The highest BCUT2D eigenvalue weighted by Gasteiger charge is 2.29. The largest absolute Gasteiger partial charge is 0.492 e. The Labute approximate surface area is 181 Å². The van der Waals surface area contributed by atoms with Crippen LogP contribution in [0.3, 0.4) is 0 Å². The fraction of sp³-hybridized carbons (Fsp3) is 0.500. The molecule has 3 N–H and O–H groups in total. The van der Waals surface area contributed by atoms with Crippen LogP contribution in [0.15, 0.2) is 28.2 Å². The summed E-state index contributed by atoms with van der Waals surface area (Å²) in [6, 6.07) is 6.58. The van der Waals surface area contributed by atoms with E-state index in [0.717, 1.165) is 48.1 Å². The van der Waals surface area contributed by atoms with Gasteiger partial charge in [-0.1, -0.05) is 6.07 Å². The molecule has 0 atom stereocenters. The summed E-state index contributed by atoms with van der Waals surface area (Å²) in [7, 11) is 0. The lowest BCUT2D eigenvalue weighted by atomic mass is 9.90. The van der Waals surface area contributed by atoms with E-state index in [-0.39, 0.29) is 12.6 Å². The molecule has 0 spiro atoms. The van der Waals surface area contributed by atoms with Gasteiger partial charge in [-0.25, -0.2) is 9.98 Å². The minimum absolute atomic E-state index is 0.109. The zero-order chi connectivity index (χ0) is 21.3. The number of nitrogens with two attached hydrogens (primary N) is 1. The third-order valence-corrected chi connectivity index (χ3v) is 6.35. The Balaban J connectivity index is 1.65. The molecule has 2 aromatic rings. The molecule has 0 amide bonds. The van der Waals surface area contributed by atoms with E-state index in [2.05, 4.69) is 33.1 Å². The molecule has 1 fully saturated rings. The highest BCUT2D eigenvalue weighted by Crippen LogP contribution is 2.40. The smallest absolute Gasteiger partial charge is 0.186 e. The summed E-state index contributed by atoms with van der Waals surface area (Å²) < 4.78 is 6.09. The Kier molecular flexibility index (Phi) is 6.17. The van der Waals surface area contributed by atoms with E-state index in [1.54, 1.807) is 18.3 Å². The normalized spacial score (nSPS) is 17.9. The van der Waals surface area contributed by atoms with Gasteiger partial charge in [-0.15, -0.1) is 11.3 Å². The van der Waals surface area contributed by atoms with Gasteiger partial charge in [-0.3, -0.25) is 9.89 Å². The van der Waals surface area contributed by atoms with E-state index in [9.17, 15) is 0 Å². The van der Waals surface area contributed by atoms with E-state index < -0.39 is 0 Å². The maximum atomic E-state index is 9.09. The number of benzene rings is 1. The van der Waals surface area contributed by atoms with Crippen LogP contribution in [0.25, 0.3) is 11.3 Å². The monoisotopic (exact) mass is 427 g/mol. The molecule has 7 nitrogen and oxygen atoms in total. The molecule has 1 aromatic heterocycles. The molecule has 0 radical (unpaired) electrons. The number of thiazole rings is 1. The number of aliphatic imine (C=N–C) groups is 2. The summed E-state index contributed by atoms with van der Waals surface area (Å²) in [5.74, 6) is 2.46. The number of amidine groups is 2. The average molecular weight is 428 g/mol. The van der Waals surface area contributed by atoms with Crippen LogP contribution in [0, 0.1) is 0 Å². The first-order valence-corrected chi connectivity index (χ1v) is 11.2. The van der Waals surface area contributed by atoms with Crippen molar-refractivity contribution in [2.24, 2.45) is 15.7 Å². The number of nitrogens with zero attached hydrogens (tertiary/aromatic N) is 4. The van der Waals surface area contributed by atoms with Crippen molar-refractivity contribution >= 4 is 23.0 Å². The maximum absolute atomic E-state index is 9.09. The van der Waals surface area contributed by atoms with E-state index in [4.69, 9.17) is 20.6 Å². The van der Waals surface area contributed by atoms with Gasteiger partial charge in [0.2, 0.25) is 0 Å². The van der Waals surface area contributed by atoms with Crippen LogP contribution < -0.4 is 10.5 Å². The fourth-order valence-electron chi connectivity index (χ4n) is 3.84. The molecule has 1 aromatic carbocycles. The molecule has 1 saturated heterocycles. The molecule has 2 aliphatic heterocycles. The Bertz CT molecular complexity index is 972. The molecule has 30 heavy (non-hydrogen) atoms. The zero-order valence-corrected chi connectivity index (χ0v) is 18.6.